The summed E-state index contributed by atoms with van der Waals surface area (Å²) in [6, 6.07) is 10.3. The summed E-state index contributed by atoms with van der Waals surface area (Å²) in [7, 11) is 0. The smallest absolute Gasteiger partial charge is 0.195 e. The van der Waals surface area contributed by atoms with Crippen LogP contribution in [-0.2, 0) is 10.2 Å². The van der Waals surface area contributed by atoms with Gasteiger partial charge in [0.2, 0.25) is 0 Å². The molecule has 0 saturated carbocycles. The Balaban J connectivity index is 1.43. The SMILES string of the molecule is C#Cc1cc2c(cc1N1CCN(C3COC3)CC1)C(C)(C)c1[nH]c3cc(N)ccc3c1C2=O. The first-order valence-electron chi connectivity index (χ1n) is 11.6. The maximum Gasteiger partial charge on any atom is 0.195 e. The molecule has 2 aliphatic heterocycles. The van der Waals surface area contributed by atoms with Gasteiger partial charge in [-0.3, -0.25) is 9.69 Å². The summed E-state index contributed by atoms with van der Waals surface area (Å²) in [5.74, 6) is 2.88. The van der Waals surface area contributed by atoms with Crippen LogP contribution in [0.1, 0.15) is 46.6 Å². The fourth-order valence-electron chi connectivity index (χ4n) is 5.62. The van der Waals surface area contributed by atoms with Crippen LogP contribution < -0.4 is 10.6 Å². The van der Waals surface area contributed by atoms with Gasteiger partial charge < -0.3 is 20.4 Å². The molecule has 3 heterocycles. The van der Waals surface area contributed by atoms with Gasteiger partial charge in [0.25, 0.3) is 0 Å². The van der Waals surface area contributed by atoms with Gasteiger partial charge in [0.1, 0.15) is 0 Å². The maximum absolute atomic E-state index is 13.7. The largest absolute Gasteiger partial charge is 0.399 e. The second-order valence-electron chi connectivity index (χ2n) is 9.91. The molecular weight excluding hydrogens is 412 g/mol. The minimum Gasteiger partial charge on any atom is -0.399 e. The molecule has 3 aromatic rings. The quantitative estimate of drug-likeness (QED) is 0.473. The van der Waals surface area contributed by atoms with E-state index < -0.39 is 0 Å². The molecule has 6 rings (SSSR count). The van der Waals surface area contributed by atoms with Gasteiger partial charge in [-0.25, -0.2) is 0 Å². The average Bonchev–Trinajstić information content (AvgIpc) is 3.16. The van der Waals surface area contributed by atoms with Crippen LogP contribution in [-0.4, -0.2) is 61.1 Å². The molecule has 0 spiro atoms. The zero-order valence-corrected chi connectivity index (χ0v) is 19.1. The van der Waals surface area contributed by atoms with Crippen LogP contribution in [0.4, 0.5) is 11.4 Å². The van der Waals surface area contributed by atoms with E-state index in [-0.39, 0.29) is 11.2 Å². The van der Waals surface area contributed by atoms with Crippen LogP contribution in [0.2, 0.25) is 0 Å². The molecule has 2 fully saturated rings. The lowest BCUT2D eigenvalue weighted by atomic mass is 9.70. The number of carbonyl (C=O) groups is 1. The van der Waals surface area contributed by atoms with E-state index in [1.165, 1.54) is 0 Å². The molecule has 168 valence electrons. The van der Waals surface area contributed by atoms with Crippen molar-refractivity contribution in [1.82, 2.24) is 9.88 Å². The van der Waals surface area contributed by atoms with Crippen molar-refractivity contribution >= 4 is 28.1 Å². The number of aromatic amines is 1. The third-order valence-electron chi connectivity index (χ3n) is 7.68. The molecular formula is C27H28N4O2. The number of hydrogen-bond donors (Lipinski definition) is 2. The molecule has 1 aliphatic carbocycles. The number of benzene rings is 2. The molecule has 0 radical (unpaired) electrons. The summed E-state index contributed by atoms with van der Waals surface area (Å²) in [6.07, 6.45) is 5.96. The van der Waals surface area contributed by atoms with E-state index in [2.05, 4.69) is 40.6 Å². The van der Waals surface area contributed by atoms with Crippen LogP contribution in [0.3, 0.4) is 0 Å². The number of anilines is 2. The number of hydrogen-bond acceptors (Lipinski definition) is 5. The van der Waals surface area contributed by atoms with Crippen molar-refractivity contribution in [2.45, 2.75) is 25.3 Å². The van der Waals surface area contributed by atoms with E-state index >= 15 is 0 Å². The number of piperazine rings is 1. The van der Waals surface area contributed by atoms with Gasteiger partial charge >= 0.3 is 0 Å². The first-order chi connectivity index (χ1) is 15.9. The van der Waals surface area contributed by atoms with Crippen molar-refractivity contribution < 1.29 is 9.53 Å². The number of ketones is 1. The molecule has 3 N–H and O–H groups in total. The van der Waals surface area contributed by atoms with Crippen LogP contribution in [0.25, 0.3) is 10.9 Å². The number of fused-ring (bicyclic) bond motifs is 4. The Bertz CT molecular complexity index is 1330. The van der Waals surface area contributed by atoms with Crippen molar-refractivity contribution in [1.29, 1.82) is 0 Å². The predicted molar refractivity (Wildman–Crippen MR) is 131 cm³/mol. The first-order valence-corrected chi connectivity index (χ1v) is 11.6. The van der Waals surface area contributed by atoms with Crippen molar-refractivity contribution in [2.24, 2.45) is 0 Å². The second-order valence-corrected chi connectivity index (χ2v) is 9.91. The molecule has 3 aliphatic rings. The van der Waals surface area contributed by atoms with Gasteiger partial charge in [0.05, 0.1) is 30.5 Å². The number of carbonyl (C=O) groups excluding carboxylic acids is 1. The Morgan fingerprint density at radius 1 is 1.15 bits per heavy atom. The molecule has 33 heavy (non-hydrogen) atoms. The number of aromatic nitrogens is 1. The molecule has 0 amide bonds. The second kappa shape index (κ2) is 7.11. The Kier molecular flexibility index (Phi) is 4.39. The van der Waals surface area contributed by atoms with Crippen LogP contribution in [0.5, 0.6) is 0 Å². The molecule has 1 aromatic heterocycles. The van der Waals surface area contributed by atoms with Gasteiger partial charge in [0, 0.05) is 65.0 Å². The van der Waals surface area contributed by atoms with Crippen LogP contribution in [0, 0.1) is 12.3 Å². The Labute approximate surface area is 193 Å². The van der Waals surface area contributed by atoms with Crippen LogP contribution >= 0.6 is 0 Å². The van der Waals surface area contributed by atoms with Crippen LogP contribution in [0.15, 0.2) is 30.3 Å². The highest BCUT2D eigenvalue weighted by Crippen LogP contribution is 2.45. The number of terminal acetylenes is 1. The number of rotatable bonds is 2. The van der Waals surface area contributed by atoms with Crippen molar-refractivity contribution in [3.63, 3.8) is 0 Å². The number of ether oxygens (including phenoxy) is 1. The molecule has 2 saturated heterocycles. The molecule has 0 atom stereocenters. The van der Waals surface area contributed by atoms with E-state index in [0.29, 0.717) is 17.3 Å². The number of nitrogen functional groups attached to an aromatic ring is 1. The molecule has 6 nitrogen and oxygen atoms in total. The summed E-state index contributed by atoms with van der Waals surface area (Å²) < 4.78 is 5.36. The van der Waals surface area contributed by atoms with Gasteiger partial charge in [-0.15, -0.1) is 6.42 Å². The third kappa shape index (κ3) is 2.93. The first kappa shape index (κ1) is 20.3. The minimum absolute atomic E-state index is 0.0215. The summed E-state index contributed by atoms with van der Waals surface area (Å²) >= 11 is 0. The van der Waals surface area contributed by atoms with Gasteiger partial charge in [-0.2, -0.15) is 0 Å². The van der Waals surface area contributed by atoms with E-state index in [4.69, 9.17) is 16.9 Å². The Morgan fingerprint density at radius 2 is 1.91 bits per heavy atom. The van der Waals surface area contributed by atoms with E-state index in [9.17, 15) is 4.79 Å². The van der Waals surface area contributed by atoms with Gasteiger partial charge in [0.15, 0.2) is 5.78 Å². The number of nitrogens with zero attached hydrogens (tertiary/aromatic N) is 2. The van der Waals surface area contributed by atoms with Crippen molar-refractivity contribution in [3.8, 4) is 12.3 Å². The molecule has 2 aromatic carbocycles. The highest BCUT2D eigenvalue weighted by Gasteiger charge is 2.41. The third-order valence-corrected chi connectivity index (χ3v) is 7.68. The number of nitrogens with two attached hydrogens (primary N) is 1. The topological polar surface area (TPSA) is 74.6 Å². The number of H-pyrrole nitrogens is 1. The highest BCUT2D eigenvalue weighted by atomic mass is 16.5. The highest BCUT2D eigenvalue weighted by molar-refractivity contribution is 6.20. The zero-order valence-electron chi connectivity index (χ0n) is 19.1. The lowest BCUT2D eigenvalue weighted by Gasteiger charge is -2.43. The minimum atomic E-state index is -0.376. The summed E-state index contributed by atoms with van der Waals surface area (Å²) in [5, 5.41) is 0.908. The Hall–Kier alpha value is -3.27. The molecule has 6 heteroatoms. The number of nitrogens with one attached hydrogen (secondary N) is 1. The van der Waals surface area contributed by atoms with Gasteiger partial charge in [-0.1, -0.05) is 25.8 Å². The molecule has 0 bridgehead atoms. The summed E-state index contributed by atoms with van der Waals surface area (Å²) in [4.78, 5) is 22.1. The van der Waals surface area contributed by atoms with E-state index in [0.717, 1.165) is 78.4 Å². The summed E-state index contributed by atoms with van der Waals surface area (Å²) in [6.45, 7) is 9.82. The van der Waals surface area contributed by atoms with Gasteiger partial charge in [-0.05, 0) is 29.8 Å². The fraction of sp³-hybridized carbons (Fsp3) is 0.370. The monoisotopic (exact) mass is 440 g/mol. The lowest BCUT2D eigenvalue weighted by Crippen LogP contribution is -2.56. The van der Waals surface area contributed by atoms with Crippen molar-refractivity contribution in [3.05, 3.63) is 58.3 Å². The van der Waals surface area contributed by atoms with E-state index in [1.54, 1.807) is 0 Å². The van der Waals surface area contributed by atoms with E-state index in [1.807, 2.05) is 24.3 Å². The Morgan fingerprint density at radius 3 is 2.58 bits per heavy atom. The molecule has 0 unspecified atom stereocenters. The lowest BCUT2D eigenvalue weighted by molar-refractivity contribution is -0.0660. The summed E-state index contributed by atoms with van der Waals surface area (Å²) in [5.41, 5.74) is 12.4. The average molecular weight is 441 g/mol. The zero-order chi connectivity index (χ0) is 22.9. The maximum atomic E-state index is 13.7. The predicted octanol–water partition coefficient (Wildman–Crippen LogP) is 3.12. The standard InChI is InChI=1S/C27H28N4O2/c1-4-16-11-20-21(13-23(16)31-9-7-30(8-10-31)18-14-33-15-18)27(2,3)26-24(25(20)32)19-6-5-17(28)12-22(19)29-26/h1,5-6,11-13,18,29H,7-10,14-15,28H2,2-3H3. The fourth-order valence-corrected chi connectivity index (χ4v) is 5.62. The normalized spacial score (nSPS) is 20.3. The van der Waals surface area contributed by atoms with Crippen molar-refractivity contribution in [2.75, 3.05) is 50.0 Å².